The van der Waals surface area contributed by atoms with Crippen molar-refractivity contribution in [3.8, 4) is 0 Å². The first-order valence-electron chi connectivity index (χ1n) is 9.16. The summed E-state index contributed by atoms with van der Waals surface area (Å²) in [6.45, 7) is 1.02. The molecular weight excluding hydrogens is 434 g/mol. The zero-order valence-corrected chi connectivity index (χ0v) is 17.7. The molecule has 4 aromatic rings. The molecule has 142 valence electrons. The summed E-state index contributed by atoms with van der Waals surface area (Å²) in [6, 6.07) is 22.5. The highest BCUT2D eigenvalue weighted by Gasteiger charge is 2.18. The second-order valence-corrected chi connectivity index (χ2v) is 8.12. The Balaban J connectivity index is 1.47. The molecule has 2 aromatic carbocycles. The van der Waals surface area contributed by atoms with Gasteiger partial charge in [-0.1, -0.05) is 70.5 Å². The fourth-order valence-electron chi connectivity index (χ4n) is 3.21. The minimum atomic E-state index is -0.267. The molecule has 2 aromatic heterocycles. The molecule has 0 spiro atoms. The Morgan fingerprint density at radius 3 is 2.46 bits per heavy atom. The summed E-state index contributed by atoms with van der Waals surface area (Å²) in [5.41, 5.74) is 5.25. The average molecular weight is 454 g/mol. The summed E-state index contributed by atoms with van der Waals surface area (Å²) in [6.07, 6.45) is 0.710. The van der Waals surface area contributed by atoms with Gasteiger partial charge in [0.25, 0.3) is 0 Å². The minimum Gasteiger partial charge on any atom is -0.461 e. The lowest BCUT2D eigenvalue weighted by Crippen LogP contribution is -2.14. The van der Waals surface area contributed by atoms with Crippen LogP contribution in [0, 0.1) is 0 Å². The molecule has 0 N–H and O–H groups in total. The molecule has 0 radical (unpaired) electrons. The Kier molecular flexibility index (Phi) is 5.93. The molecule has 2 heterocycles. The Morgan fingerprint density at radius 1 is 0.964 bits per heavy atom. The van der Waals surface area contributed by atoms with Crippen molar-refractivity contribution in [1.82, 2.24) is 4.57 Å². The lowest BCUT2D eigenvalue weighted by Gasteiger charge is -2.11. The largest absolute Gasteiger partial charge is 0.461 e. The number of carbonyl (C=O) groups excluding carboxylic acids is 1. The first-order valence-corrected chi connectivity index (χ1v) is 11.2. The molecule has 0 unspecified atom stereocenters. The summed E-state index contributed by atoms with van der Waals surface area (Å²) in [5, 5.41) is 2.90. The molecular formula is C23H20BrNO2S. The van der Waals surface area contributed by atoms with Crippen LogP contribution in [0.4, 0.5) is 0 Å². The Morgan fingerprint density at radius 2 is 1.71 bits per heavy atom. The third-order valence-corrected chi connectivity index (χ3v) is 6.22. The van der Waals surface area contributed by atoms with Crippen LogP contribution in [-0.4, -0.2) is 17.1 Å². The smallest absolute Gasteiger partial charge is 0.355 e. The van der Waals surface area contributed by atoms with E-state index in [4.69, 9.17) is 4.74 Å². The van der Waals surface area contributed by atoms with Crippen molar-refractivity contribution < 1.29 is 9.53 Å². The van der Waals surface area contributed by atoms with Crippen molar-refractivity contribution in [1.29, 1.82) is 0 Å². The molecule has 0 amide bonds. The third-order valence-electron chi connectivity index (χ3n) is 4.72. The van der Waals surface area contributed by atoms with Gasteiger partial charge >= 0.3 is 5.97 Å². The normalized spacial score (nSPS) is 11.0. The number of hydrogen-bond acceptors (Lipinski definition) is 3. The van der Waals surface area contributed by atoms with E-state index in [1.807, 2.05) is 28.8 Å². The van der Waals surface area contributed by atoms with Crippen LogP contribution < -0.4 is 0 Å². The predicted molar refractivity (Wildman–Crippen MR) is 118 cm³/mol. The second kappa shape index (κ2) is 8.76. The fraction of sp³-hybridized carbons (Fsp3) is 0.174. The monoisotopic (exact) mass is 453 g/mol. The van der Waals surface area contributed by atoms with Crippen molar-refractivity contribution in [3.63, 3.8) is 0 Å². The van der Waals surface area contributed by atoms with Gasteiger partial charge in [-0.25, -0.2) is 4.79 Å². The maximum Gasteiger partial charge on any atom is 0.355 e. The van der Waals surface area contributed by atoms with Crippen LogP contribution in [0.2, 0.25) is 0 Å². The summed E-state index contributed by atoms with van der Waals surface area (Å²) in [5.74, 6) is -0.267. The molecule has 4 rings (SSSR count). The summed E-state index contributed by atoms with van der Waals surface area (Å²) < 4.78 is 8.76. The molecule has 0 fully saturated rings. The van der Waals surface area contributed by atoms with E-state index in [0.717, 1.165) is 26.7 Å². The molecule has 3 nitrogen and oxygen atoms in total. The second-order valence-electron chi connectivity index (χ2n) is 6.61. The van der Waals surface area contributed by atoms with Gasteiger partial charge in [0.15, 0.2) is 0 Å². The Hall–Kier alpha value is -2.37. The van der Waals surface area contributed by atoms with E-state index in [9.17, 15) is 4.79 Å². The van der Waals surface area contributed by atoms with Crippen LogP contribution in [0.5, 0.6) is 0 Å². The van der Waals surface area contributed by atoms with Gasteiger partial charge in [-0.3, -0.25) is 0 Å². The number of carbonyl (C=O) groups is 1. The van der Waals surface area contributed by atoms with Gasteiger partial charge in [-0.05, 0) is 34.2 Å². The highest BCUT2D eigenvalue weighted by molar-refractivity contribution is 9.08. The summed E-state index contributed by atoms with van der Waals surface area (Å²) in [7, 11) is 0. The van der Waals surface area contributed by atoms with Gasteiger partial charge in [-0.15, -0.1) is 11.3 Å². The van der Waals surface area contributed by atoms with E-state index in [2.05, 4.69) is 63.8 Å². The van der Waals surface area contributed by atoms with Gasteiger partial charge in [0.2, 0.25) is 0 Å². The van der Waals surface area contributed by atoms with Crippen LogP contribution >= 0.6 is 27.3 Å². The number of halogens is 1. The first-order chi connectivity index (χ1) is 13.7. The van der Waals surface area contributed by atoms with Crippen LogP contribution in [0.3, 0.4) is 0 Å². The third kappa shape index (κ3) is 4.21. The first kappa shape index (κ1) is 19.0. The number of benzene rings is 2. The average Bonchev–Trinajstić information content (AvgIpc) is 3.32. The molecule has 0 aliphatic rings. The Labute approximate surface area is 176 Å². The molecule has 28 heavy (non-hydrogen) atoms. The van der Waals surface area contributed by atoms with E-state index < -0.39 is 0 Å². The number of hydrogen-bond donors (Lipinski definition) is 0. The molecule has 0 aliphatic carbocycles. The van der Waals surface area contributed by atoms with E-state index >= 15 is 0 Å². The van der Waals surface area contributed by atoms with E-state index in [-0.39, 0.29) is 5.97 Å². The summed E-state index contributed by atoms with van der Waals surface area (Å²) >= 11 is 5.09. The molecule has 0 saturated heterocycles. The van der Waals surface area contributed by atoms with Crippen LogP contribution in [0.15, 0.2) is 72.1 Å². The van der Waals surface area contributed by atoms with Crippen molar-refractivity contribution in [2.24, 2.45) is 0 Å². The van der Waals surface area contributed by atoms with Gasteiger partial charge in [-0.2, -0.15) is 0 Å². The minimum absolute atomic E-state index is 0.267. The lowest BCUT2D eigenvalue weighted by molar-refractivity contribution is 0.0498. The number of nitrogens with zero attached hydrogens (tertiary/aromatic N) is 1. The molecule has 5 heteroatoms. The highest BCUT2D eigenvalue weighted by Crippen LogP contribution is 2.27. The number of aromatic nitrogens is 1. The van der Waals surface area contributed by atoms with E-state index in [1.54, 1.807) is 11.3 Å². The van der Waals surface area contributed by atoms with E-state index in [0.29, 0.717) is 25.3 Å². The van der Waals surface area contributed by atoms with Crippen molar-refractivity contribution in [2.45, 2.75) is 18.3 Å². The summed E-state index contributed by atoms with van der Waals surface area (Å²) in [4.78, 5) is 12.8. The van der Waals surface area contributed by atoms with Crippen LogP contribution in [0.1, 0.15) is 27.2 Å². The standard InChI is InChI=1S/C23H20BrNO2S/c24-15-18-8-6-17(7-9-18)10-12-27-23(26)21-14-22-20(11-13-28-22)25(21)16-19-4-2-1-3-5-19/h1-9,11,13-14H,10,12,15-16H2. The van der Waals surface area contributed by atoms with Crippen LogP contribution in [-0.2, 0) is 23.0 Å². The van der Waals surface area contributed by atoms with Gasteiger partial charge in [0.05, 0.1) is 16.8 Å². The van der Waals surface area contributed by atoms with Gasteiger partial charge < -0.3 is 9.30 Å². The number of alkyl halides is 1. The number of fused-ring (bicyclic) bond motifs is 1. The van der Waals surface area contributed by atoms with Gasteiger partial charge in [0.1, 0.15) is 5.69 Å². The zero-order valence-electron chi connectivity index (χ0n) is 15.3. The fourth-order valence-corrected chi connectivity index (χ4v) is 4.41. The quantitative estimate of drug-likeness (QED) is 0.252. The van der Waals surface area contributed by atoms with Gasteiger partial charge in [0, 0.05) is 18.3 Å². The highest BCUT2D eigenvalue weighted by atomic mass is 79.9. The van der Waals surface area contributed by atoms with E-state index in [1.165, 1.54) is 5.56 Å². The number of thiophene rings is 1. The van der Waals surface area contributed by atoms with Crippen molar-refractivity contribution in [2.75, 3.05) is 6.61 Å². The maximum atomic E-state index is 12.8. The lowest BCUT2D eigenvalue weighted by atomic mass is 10.1. The molecule has 0 aliphatic heterocycles. The SMILES string of the molecule is O=C(OCCc1ccc(CBr)cc1)c1cc2sccc2n1Cc1ccccc1. The number of ether oxygens (including phenoxy) is 1. The number of esters is 1. The topological polar surface area (TPSA) is 31.2 Å². The maximum absolute atomic E-state index is 12.8. The number of rotatable bonds is 7. The molecule has 0 saturated carbocycles. The molecule has 0 bridgehead atoms. The zero-order chi connectivity index (χ0) is 19.3. The Bertz CT molecular complexity index is 1070. The van der Waals surface area contributed by atoms with Crippen molar-refractivity contribution >= 4 is 43.5 Å². The van der Waals surface area contributed by atoms with Crippen LogP contribution in [0.25, 0.3) is 10.2 Å². The predicted octanol–water partition coefficient (Wildman–Crippen LogP) is 6.05. The molecule has 0 atom stereocenters. The van der Waals surface area contributed by atoms with Crippen molar-refractivity contribution in [3.05, 3.63) is 94.5 Å².